The highest BCUT2D eigenvalue weighted by atomic mass is 35.5. The molecule has 5 rings (SSSR count). The molecule has 8 heteroatoms. The number of phenols is 1. The van der Waals surface area contributed by atoms with E-state index in [4.69, 9.17) is 25.3 Å². The molecular formula is C29H29ClO6S. The van der Waals surface area contributed by atoms with Gasteiger partial charge in [-0.1, -0.05) is 61.7 Å². The number of rotatable bonds is 10. The number of benzene rings is 3. The zero-order chi connectivity index (χ0) is 26.0. The van der Waals surface area contributed by atoms with Crippen molar-refractivity contribution in [3.8, 4) is 17.2 Å². The summed E-state index contributed by atoms with van der Waals surface area (Å²) in [6, 6.07) is 20.9. The van der Waals surface area contributed by atoms with E-state index in [0.717, 1.165) is 47.3 Å². The highest BCUT2D eigenvalue weighted by molar-refractivity contribution is 7.87. The molecule has 2 aliphatic heterocycles. The van der Waals surface area contributed by atoms with Crippen molar-refractivity contribution in [2.75, 3.05) is 6.61 Å². The molecule has 37 heavy (non-hydrogen) atoms. The Balaban J connectivity index is 1.47. The first-order chi connectivity index (χ1) is 17.9. The maximum absolute atomic E-state index is 13.4. The molecule has 0 saturated carbocycles. The Kier molecular flexibility index (Phi) is 7.47. The van der Waals surface area contributed by atoms with Gasteiger partial charge in [0, 0.05) is 17.5 Å². The zero-order valence-electron chi connectivity index (χ0n) is 20.5. The van der Waals surface area contributed by atoms with Gasteiger partial charge in [0.2, 0.25) is 0 Å². The topological polar surface area (TPSA) is 82.1 Å². The van der Waals surface area contributed by atoms with Crippen LogP contribution in [0.25, 0.3) is 11.1 Å². The molecule has 0 amide bonds. The van der Waals surface area contributed by atoms with Crippen molar-refractivity contribution in [1.29, 1.82) is 0 Å². The van der Waals surface area contributed by atoms with Gasteiger partial charge in [0.1, 0.15) is 28.6 Å². The van der Waals surface area contributed by atoms with Crippen LogP contribution in [0.4, 0.5) is 0 Å². The van der Waals surface area contributed by atoms with Crippen LogP contribution in [0.5, 0.6) is 17.2 Å². The molecule has 0 aliphatic carbocycles. The Morgan fingerprint density at radius 2 is 1.65 bits per heavy atom. The summed E-state index contributed by atoms with van der Waals surface area (Å²) in [6.07, 6.45) is 2.40. The Hall–Kier alpha value is -3.00. The minimum absolute atomic E-state index is 0.162. The lowest BCUT2D eigenvalue weighted by Gasteiger charge is -2.25. The van der Waals surface area contributed by atoms with Crippen molar-refractivity contribution in [3.63, 3.8) is 0 Å². The largest absolute Gasteiger partial charge is 0.508 e. The maximum Gasteiger partial charge on any atom is 0.315 e. The fourth-order valence-electron chi connectivity index (χ4n) is 4.98. The van der Waals surface area contributed by atoms with Crippen molar-refractivity contribution in [3.05, 3.63) is 88.9 Å². The van der Waals surface area contributed by atoms with E-state index in [0.29, 0.717) is 11.6 Å². The first-order valence-corrected chi connectivity index (χ1v) is 14.3. The van der Waals surface area contributed by atoms with Crippen LogP contribution in [-0.4, -0.2) is 37.6 Å². The van der Waals surface area contributed by atoms with Gasteiger partial charge in [0.25, 0.3) is 0 Å². The van der Waals surface area contributed by atoms with Crippen LogP contribution in [0.15, 0.2) is 72.8 Å². The van der Waals surface area contributed by atoms with Crippen LogP contribution in [0.2, 0.25) is 5.02 Å². The molecule has 2 aliphatic rings. The minimum Gasteiger partial charge on any atom is -0.508 e. The van der Waals surface area contributed by atoms with E-state index in [2.05, 4.69) is 6.92 Å². The average Bonchev–Trinajstić information content (AvgIpc) is 3.47. The summed E-state index contributed by atoms with van der Waals surface area (Å²) >= 11 is 6.02. The molecule has 0 unspecified atom stereocenters. The minimum atomic E-state index is -4.02. The lowest BCUT2D eigenvalue weighted by atomic mass is 9.83. The highest BCUT2D eigenvalue weighted by Crippen LogP contribution is 2.51. The van der Waals surface area contributed by atoms with E-state index in [1.807, 2.05) is 36.4 Å². The maximum atomic E-state index is 13.4. The van der Waals surface area contributed by atoms with Gasteiger partial charge in [-0.25, -0.2) is 0 Å². The monoisotopic (exact) mass is 540 g/mol. The molecule has 194 valence electrons. The normalized spacial score (nSPS) is 20.9. The smallest absolute Gasteiger partial charge is 0.315 e. The van der Waals surface area contributed by atoms with Gasteiger partial charge in [-0.05, 0) is 65.1 Å². The lowest BCUT2D eigenvalue weighted by molar-refractivity contribution is 0.128. The third-order valence-corrected chi connectivity index (χ3v) is 8.57. The number of aromatic hydroxyl groups is 1. The second-order valence-corrected chi connectivity index (χ2v) is 11.5. The number of hydrogen-bond acceptors (Lipinski definition) is 6. The number of unbranched alkanes of at least 4 members (excludes halogenated alkanes) is 2. The molecule has 3 aromatic carbocycles. The Bertz CT molecular complexity index is 1380. The summed E-state index contributed by atoms with van der Waals surface area (Å²) in [5.74, 6) is 1.10. The number of ether oxygens (including phenoxy) is 2. The third-order valence-electron chi connectivity index (χ3n) is 6.73. The third kappa shape index (κ3) is 5.49. The first-order valence-electron chi connectivity index (χ1n) is 12.5. The number of phenolic OH excluding ortho intramolecular Hbond substituents is 1. The van der Waals surface area contributed by atoms with Gasteiger partial charge in [0.15, 0.2) is 0 Å². The fourth-order valence-corrected chi connectivity index (χ4v) is 6.57. The van der Waals surface area contributed by atoms with Gasteiger partial charge in [-0.15, -0.1) is 0 Å². The standard InChI is InChI=1S/C29H29ClO6S/c1-2-3-4-16-34-23-14-10-20(11-15-23)28-27(19-8-12-22(31)13-9-19)25-18-26(29(28)35-25)37(32,33)36-24-7-5-6-21(30)17-24/h5-15,17,25-26,29,31H,2-4,16,18H2,1H3/t25-,26+,29+/m0/s1. The molecule has 3 atom stereocenters. The predicted molar refractivity (Wildman–Crippen MR) is 144 cm³/mol. The molecule has 0 radical (unpaired) electrons. The summed E-state index contributed by atoms with van der Waals surface area (Å²) in [4.78, 5) is 0. The second kappa shape index (κ2) is 10.8. The van der Waals surface area contributed by atoms with Crippen LogP contribution >= 0.6 is 11.6 Å². The quantitative estimate of drug-likeness (QED) is 0.234. The number of halogens is 1. The molecule has 6 nitrogen and oxygen atoms in total. The van der Waals surface area contributed by atoms with Crippen LogP contribution in [0.1, 0.15) is 43.7 Å². The zero-order valence-corrected chi connectivity index (χ0v) is 22.0. The lowest BCUT2D eigenvalue weighted by Crippen LogP contribution is -2.35. The van der Waals surface area contributed by atoms with E-state index < -0.39 is 27.6 Å². The molecule has 1 fully saturated rings. The van der Waals surface area contributed by atoms with Gasteiger partial charge in [-0.3, -0.25) is 0 Å². The van der Waals surface area contributed by atoms with Gasteiger partial charge >= 0.3 is 10.1 Å². The van der Waals surface area contributed by atoms with Crippen LogP contribution in [-0.2, 0) is 14.9 Å². The molecule has 0 aromatic heterocycles. The molecule has 1 saturated heterocycles. The van der Waals surface area contributed by atoms with Crippen LogP contribution < -0.4 is 8.92 Å². The van der Waals surface area contributed by atoms with Crippen molar-refractivity contribution in [2.24, 2.45) is 0 Å². The van der Waals surface area contributed by atoms with E-state index in [1.54, 1.807) is 30.3 Å². The molecule has 1 N–H and O–H groups in total. The van der Waals surface area contributed by atoms with E-state index in [9.17, 15) is 13.5 Å². The van der Waals surface area contributed by atoms with Gasteiger partial charge in [-0.2, -0.15) is 8.42 Å². The van der Waals surface area contributed by atoms with Crippen molar-refractivity contribution in [2.45, 2.75) is 50.1 Å². The summed E-state index contributed by atoms with van der Waals surface area (Å²) in [7, 11) is -4.02. The van der Waals surface area contributed by atoms with E-state index in [1.165, 1.54) is 6.07 Å². The summed E-state index contributed by atoms with van der Waals surface area (Å²) in [5.41, 5.74) is 3.48. The molecular weight excluding hydrogens is 512 g/mol. The first kappa shape index (κ1) is 25.6. The number of hydrogen-bond donors (Lipinski definition) is 1. The Morgan fingerprint density at radius 3 is 2.35 bits per heavy atom. The van der Waals surface area contributed by atoms with Crippen LogP contribution in [0.3, 0.4) is 0 Å². The van der Waals surface area contributed by atoms with E-state index >= 15 is 0 Å². The average molecular weight is 541 g/mol. The summed E-state index contributed by atoms with van der Waals surface area (Å²) < 4.78 is 44.3. The molecule has 3 aromatic rings. The second-order valence-electron chi connectivity index (χ2n) is 9.31. The van der Waals surface area contributed by atoms with E-state index in [-0.39, 0.29) is 17.9 Å². The van der Waals surface area contributed by atoms with Crippen molar-refractivity contribution >= 4 is 32.9 Å². The van der Waals surface area contributed by atoms with Gasteiger partial charge in [0.05, 0.1) is 12.7 Å². The highest BCUT2D eigenvalue weighted by Gasteiger charge is 2.53. The van der Waals surface area contributed by atoms with Crippen molar-refractivity contribution < 1.29 is 27.2 Å². The summed E-state index contributed by atoms with van der Waals surface area (Å²) in [6.45, 7) is 2.81. The van der Waals surface area contributed by atoms with Crippen molar-refractivity contribution in [1.82, 2.24) is 0 Å². The molecule has 2 bridgehead atoms. The van der Waals surface area contributed by atoms with Crippen LogP contribution in [0, 0.1) is 0 Å². The number of fused-ring (bicyclic) bond motifs is 2. The molecule has 2 heterocycles. The van der Waals surface area contributed by atoms with Gasteiger partial charge < -0.3 is 18.8 Å². The summed E-state index contributed by atoms with van der Waals surface area (Å²) in [5, 5.41) is 9.31. The fraction of sp³-hybridized carbons (Fsp3) is 0.310. The molecule has 0 spiro atoms. The Morgan fingerprint density at radius 1 is 0.946 bits per heavy atom. The Labute approximate surface area is 222 Å². The predicted octanol–water partition coefficient (Wildman–Crippen LogP) is 6.47. The SMILES string of the molecule is CCCCCOc1ccc(C2=C(c3ccc(O)cc3)[C@@H]3C[C@@H](S(=O)(=O)Oc4cccc(Cl)c4)[C@H]2O3)cc1.